The summed E-state index contributed by atoms with van der Waals surface area (Å²) in [4.78, 5) is 34.6. The molecular formula is C14H17FN2O6. The van der Waals surface area contributed by atoms with Crippen molar-refractivity contribution >= 4 is 23.6 Å². The molecule has 1 aromatic carbocycles. The van der Waals surface area contributed by atoms with Crippen molar-refractivity contribution in [1.82, 2.24) is 0 Å². The molecule has 0 bridgehead atoms. The summed E-state index contributed by atoms with van der Waals surface area (Å²) >= 11 is 0. The van der Waals surface area contributed by atoms with Crippen LogP contribution in [0.4, 0.5) is 25.4 Å². The highest BCUT2D eigenvalue weighted by molar-refractivity contribution is 6.11. The molecule has 0 saturated carbocycles. The van der Waals surface area contributed by atoms with Gasteiger partial charge in [0.2, 0.25) is 0 Å². The lowest BCUT2D eigenvalue weighted by molar-refractivity contribution is -0.384. The zero-order valence-electron chi connectivity index (χ0n) is 13.2. The molecule has 0 fully saturated rings. The van der Waals surface area contributed by atoms with Crippen molar-refractivity contribution < 1.29 is 28.4 Å². The monoisotopic (exact) mass is 328 g/mol. The van der Waals surface area contributed by atoms with E-state index < -0.39 is 39.9 Å². The highest BCUT2D eigenvalue weighted by Crippen LogP contribution is 2.32. The predicted octanol–water partition coefficient (Wildman–Crippen LogP) is 3.63. The van der Waals surface area contributed by atoms with Crippen LogP contribution in [-0.2, 0) is 9.47 Å². The number of imide groups is 1. The van der Waals surface area contributed by atoms with E-state index in [0.717, 1.165) is 18.2 Å². The van der Waals surface area contributed by atoms with Crippen molar-refractivity contribution in [2.45, 2.75) is 33.3 Å². The number of nitro benzene ring substituents is 1. The summed E-state index contributed by atoms with van der Waals surface area (Å²) in [6.45, 7) is 5.96. The van der Waals surface area contributed by atoms with E-state index in [2.05, 4.69) is 4.74 Å². The molecule has 0 spiro atoms. The highest BCUT2D eigenvalue weighted by atomic mass is 19.1. The second-order valence-corrected chi connectivity index (χ2v) is 5.38. The molecule has 0 unspecified atom stereocenters. The summed E-state index contributed by atoms with van der Waals surface area (Å²) in [6, 6.07) is 2.95. The van der Waals surface area contributed by atoms with E-state index in [1.165, 1.54) is 27.7 Å². The fourth-order valence-electron chi connectivity index (χ4n) is 1.63. The average Bonchev–Trinajstić information content (AvgIpc) is 2.38. The molecule has 0 atom stereocenters. The molecule has 1 aromatic rings. The van der Waals surface area contributed by atoms with E-state index in [-0.39, 0.29) is 11.5 Å². The molecule has 23 heavy (non-hydrogen) atoms. The molecule has 0 saturated heterocycles. The predicted molar refractivity (Wildman–Crippen MR) is 78.8 cm³/mol. The second kappa shape index (κ2) is 7.03. The summed E-state index contributed by atoms with van der Waals surface area (Å²) in [5.41, 5.74) is -2.59. The van der Waals surface area contributed by atoms with Crippen LogP contribution >= 0.6 is 0 Å². The number of nitrogens with zero attached hydrogens (tertiary/aromatic N) is 2. The molecule has 9 heteroatoms. The number of nitro groups is 1. The van der Waals surface area contributed by atoms with Crippen LogP contribution in [0.2, 0.25) is 0 Å². The third-order valence-corrected chi connectivity index (χ3v) is 2.41. The number of amides is 2. The van der Waals surface area contributed by atoms with Gasteiger partial charge in [-0.1, -0.05) is 6.07 Å². The molecule has 0 N–H and O–H groups in total. The number of ether oxygens (including phenoxy) is 2. The van der Waals surface area contributed by atoms with Gasteiger partial charge in [-0.15, -0.1) is 0 Å². The van der Waals surface area contributed by atoms with Crippen molar-refractivity contribution in [3.8, 4) is 0 Å². The van der Waals surface area contributed by atoms with Gasteiger partial charge in [0.25, 0.3) is 5.69 Å². The first kappa shape index (κ1) is 18.3. The third-order valence-electron chi connectivity index (χ3n) is 2.41. The maximum atomic E-state index is 14.1. The topological polar surface area (TPSA) is 99.0 Å². The van der Waals surface area contributed by atoms with E-state index in [0.29, 0.717) is 0 Å². The van der Waals surface area contributed by atoms with Crippen LogP contribution in [0.3, 0.4) is 0 Å². The van der Waals surface area contributed by atoms with Crippen molar-refractivity contribution in [3.05, 3.63) is 34.1 Å². The molecule has 0 heterocycles. The maximum absolute atomic E-state index is 14.1. The largest absolute Gasteiger partial charge is 0.449 e. The first-order chi connectivity index (χ1) is 10.6. The van der Waals surface area contributed by atoms with Gasteiger partial charge >= 0.3 is 12.2 Å². The van der Waals surface area contributed by atoms with E-state index >= 15 is 0 Å². The van der Waals surface area contributed by atoms with Gasteiger partial charge in [0.1, 0.15) is 5.60 Å². The molecule has 0 aliphatic rings. The van der Waals surface area contributed by atoms with Crippen LogP contribution in [0.5, 0.6) is 0 Å². The number of benzene rings is 1. The minimum atomic E-state index is -1.27. The fraction of sp³-hybridized carbons (Fsp3) is 0.429. The summed E-state index contributed by atoms with van der Waals surface area (Å²) in [5.74, 6) is -1.13. The van der Waals surface area contributed by atoms with Gasteiger partial charge in [-0.25, -0.2) is 14.0 Å². The Labute approximate surface area is 131 Å². The minimum Gasteiger partial charge on any atom is -0.449 e. The molecule has 2 amide bonds. The zero-order chi connectivity index (χ0) is 17.8. The van der Waals surface area contributed by atoms with Crippen LogP contribution in [-0.4, -0.2) is 29.3 Å². The summed E-state index contributed by atoms with van der Waals surface area (Å²) in [7, 11) is 0. The smallest absolute Gasteiger partial charge is 0.424 e. The Hall–Kier alpha value is -2.71. The normalized spacial score (nSPS) is 10.8. The first-order valence-electron chi connectivity index (χ1n) is 6.71. The van der Waals surface area contributed by atoms with E-state index in [9.17, 15) is 24.1 Å². The molecule has 0 radical (unpaired) electrons. The number of halogens is 1. The van der Waals surface area contributed by atoms with Crippen LogP contribution in [0.25, 0.3) is 0 Å². The maximum Gasteiger partial charge on any atom is 0.424 e. The van der Waals surface area contributed by atoms with Gasteiger partial charge in [-0.2, -0.15) is 4.90 Å². The Balaban J connectivity index is 3.44. The van der Waals surface area contributed by atoms with Crippen molar-refractivity contribution in [1.29, 1.82) is 0 Å². The molecule has 0 aromatic heterocycles. The highest BCUT2D eigenvalue weighted by Gasteiger charge is 2.37. The van der Waals surface area contributed by atoms with Gasteiger partial charge < -0.3 is 9.47 Å². The summed E-state index contributed by atoms with van der Waals surface area (Å²) in [6.07, 6.45) is -2.54. The minimum absolute atomic E-state index is 0.111. The number of carbonyl (C=O) groups is 2. The average molecular weight is 328 g/mol. The van der Waals surface area contributed by atoms with Gasteiger partial charge in [0.15, 0.2) is 11.5 Å². The van der Waals surface area contributed by atoms with Crippen molar-refractivity contribution in [2.75, 3.05) is 11.5 Å². The first-order valence-corrected chi connectivity index (χ1v) is 6.71. The standard InChI is InChI=1S/C14H17FN2O6/c1-5-22-12(18)16(13(19)23-14(2,3)4)11-9(15)7-6-8-10(11)17(20)21/h6-8H,5H2,1-4H3. The van der Waals surface area contributed by atoms with Crippen LogP contribution in [0.1, 0.15) is 27.7 Å². The second-order valence-electron chi connectivity index (χ2n) is 5.38. The number of carbonyl (C=O) groups excluding carboxylic acids is 2. The number of para-hydroxylation sites is 1. The van der Waals surface area contributed by atoms with Gasteiger partial charge in [-0.3, -0.25) is 10.1 Å². The fourth-order valence-corrected chi connectivity index (χ4v) is 1.63. The van der Waals surface area contributed by atoms with E-state index in [1.54, 1.807) is 0 Å². The van der Waals surface area contributed by atoms with Crippen molar-refractivity contribution in [2.24, 2.45) is 0 Å². The van der Waals surface area contributed by atoms with Gasteiger partial charge in [-0.05, 0) is 33.8 Å². The van der Waals surface area contributed by atoms with Gasteiger partial charge in [0.05, 0.1) is 11.5 Å². The zero-order valence-corrected chi connectivity index (χ0v) is 13.2. The molecule has 8 nitrogen and oxygen atoms in total. The van der Waals surface area contributed by atoms with Crippen LogP contribution in [0, 0.1) is 15.9 Å². The Morgan fingerprint density at radius 3 is 2.39 bits per heavy atom. The van der Waals surface area contributed by atoms with Gasteiger partial charge in [0, 0.05) is 6.07 Å². The lowest BCUT2D eigenvalue weighted by Gasteiger charge is -2.25. The lowest BCUT2D eigenvalue weighted by atomic mass is 10.2. The number of anilines is 1. The number of hydrogen-bond donors (Lipinski definition) is 0. The number of hydrogen-bond acceptors (Lipinski definition) is 6. The Kier molecular flexibility index (Phi) is 5.61. The number of rotatable bonds is 3. The van der Waals surface area contributed by atoms with Crippen LogP contribution < -0.4 is 4.90 Å². The Morgan fingerprint density at radius 1 is 1.30 bits per heavy atom. The van der Waals surface area contributed by atoms with Crippen LogP contribution in [0.15, 0.2) is 18.2 Å². The lowest BCUT2D eigenvalue weighted by Crippen LogP contribution is -2.42. The molecule has 126 valence electrons. The summed E-state index contributed by atoms with van der Waals surface area (Å²) < 4.78 is 23.8. The molecule has 0 aliphatic carbocycles. The molecule has 1 rings (SSSR count). The molecular weight excluding hydrogens is 311 g/mol. The SMILES string of the molecule is CCOC(=O)N(C(=O)OC(C)(C)C)c1c(F)cccc1[N+](=O)[O-]. The third kappa shape index (κ3) is 4.63. The van der Waals surface area contributed by atoms with Crippen molar-refractivity contribution in [3.63, 3.8) is 0 Å². The molecule has 0 aliphatic heterocycles. The van der Waals surface area contributed by atoms with E-state index in [1.807, 2.05) is 0 Å². The quantitative estimate of drug-likeness (QED) is 0.620. The van der Waals surface area contributed by atoms with E-state index in [4.69, 9.17) is 4.74 Å². The Morgan fingerprint density at radius 2 is 1.91 bits per heavy atom. The Bertz CT molecular complexity index is 626. The summed E-state index contributed by atoms with van der Waals surface area (Å²) in [5, 5.41) is 11.1.